The summed E-state index contributed by atoms with van der Waals surface area (Å²) in [5.74, 6) is 0. The molecule has 11 heteroatoms. The van der Waals surface area contributed by atoms with E-state index >= 15 is 0 Å². The summed E-state index contributed by atoms with van der Waals surface area (Å²) in [5.41, 5.74) is 6.51. The molecule has 27 heavy (non-hydrogen) atoms. The van der Waals surface area contributed by atoms with Crippen LogP contribution in [0.2, 0.25) is 0 Å². The molecule has 0 bridgehead atoms. The Hall–Kier alpha value is -2.37. The number of anilines is 1. The zero-order valence-electron chi connectivity index (χ0n) is 14.1. The van der Waals surface area contributed by atoms with E-state index < -0.39 is 15.0 Å². The van der Waals surface area contributed by atoms with Crippen LogP contribution in [-0.4, -0.2) is 47.5 Å². The van der Waals surface area contributed by atoms with Crippen molar-refractivity contribution < 1.29 is 17.9 Å². The third-order valence-corrected chi connectivity index (χ3v) is 4.53. The number of benzene rings is 3. The quantitative estimate of drug-likeness (QED) is 0.172. The Morgan fingerprint density at radius 2 is 1.59 bits per heavy atom. The number of fused-ring (bicyclic) bond motifs is 1. The number of hydrogen-bond acceptors (Lipinski definition) is 7. The molecule has 133 valence electrons. The predicted molar refractivity (Wildman–Crippen MR) is 101 cm³/mol. The first kappa shape index (κ1) is 20.9. The van der Waals surface area contributed by atoms with Crippen LogP contribution in [0, 0.1) is 10.1 Å². The average molecular weight is 395 g/mol. The SMILES string of the molecule is Nc1c(N=Nc2ccc([N+](=O)[O-])cc2)cc(S(=O)(=O)O)c2ccccc12.[Na]. The summed E-state index contributed by atoms with van der Waals surface area (Å²) in [6.45, 7) is 0. The van der Waals surface area contributed by atoms with E-state index in [-0.39, 0.29) is 56.9 Å². The molecule has 1 radical (unpaired) electrons. The van der Waals surface area contributed by atoms with Gasteiger partial charge in [-0.15, -0.1) is 5.11 Å². The van der Waals surface area contributed by atoms with Crippen molar-refractivity contribution >= 4 is 73.2 Å². The van der Waals surface area contributed by atoms with Crippen molar-refractivity contribution in [2.75, 3.05) is 5.73 Å². The van der Waals surface area contributed by atoms with Crippen LogP contribution in [0.3, 0.4) is 0 Å². The maximum atomic E-state index is 11.7. The summed E-state index contributed by atoms with van der Waals surface area (Å²) in [7, 11) is -4.50. The third kappa shape index (κ3) is 4.49. The fraction of sp³-hybridized carbons (Fsp3) is 0. The minimum Gasteiger partial charge on any atom is -0.396 e. The van der Waals surface area contributed by atoms with Crippen LogP contribution in [0.25, 0.3) is 10.8 Å². The average Bonchev–Trinajstić information content (AvgIpc) is 2.60. The van der Waals surface area contributed by atoms with E-state index in [2.05, 4.69) is 10.2 Å². The largest absolute Gasteiger partial charge is 0.396 e. The smallest absolute Gasteiger partial charge is 0.295 e. The molecule has 0 fully saturated rings. The molecule has 9 nitrogen and oxygen atoms in total. The second-order valence-corrected chi connectivity index (χ2v) is 6.69. The molecule has 0 saturated heterocycles. The first-order chi connectivity index (χ1) is 12.3. The van der Waals surface area contributed by atoms with Crippen molar-refractivity contribution in [1.29, 1.82) is 0 Å². The Morgan fingerprint density at radius 3 is 2.15 bits per heavy atom. The molecule has 0 aliphatic heterocycles. The van der Waals surface area contributed by atoms with Gasteiger partial charge in [-0.3, -0.25) is 14.7 Å². The van der Waals surface area contributed by atoms with Crippen LogP contribution >= 0.6 is 0 Å². The summed E-state index contributed by atoms with van der Waals surface area (Å²) >= 11 is 0. The number of azo groups is 1. The Labute approximate surface area is 176 Å². The van der Waals surface area contributed by atoms with Gasteiger partial charge in [-0.25, -0.2) is 0 Å². The Morgan fingerprint density at radius 1 is 1.00 bits per heavy atom. The number of hydrogen-bond donors (Lipinski definition) is 2. The molecule has 0 aromatic heterocycles. The van der Waals surface area contributed by atoms with Crippen LogP contribution < -0.4 is 5.73 Å². The van der Waals surface area contributed by atoms with Crippen molar-refractivity contribution in [3.8, 4) is 0 Å². The number of non-ortho nitro benzene ring substituents is 1. The van der Waals surface area contributed by atoms with Gasteiger partial charge in [0.2, 0.25) is 0 Å². The maximum absolute atomic E-state index is 11.7. The summed E-state index contributed by atoms with van der Waals surface area (Å²) in [4.78, 5) is 9.77. The molecule has 0 spiro atoms. The van der Waals surface area contributed by atoms with Crippen LogP contribution in [0.1, 0.15) is 0 Å². The summed E-state index contributed by atoms with van der Waals surface area (Å²) in [6, 6.07) is 12.9. The first-order valence-corrected chi connectivity index (χ1v) is 8.66. The van der Waals surface area contributed by atoms with Crippen LogP contribution in [0.15, 0.2) is 69.7 Å². The van der Waals surface area contributed by atoms with Crippen molar-refractivity contribution in [2.24, 2.45) is 10.2 Å². The second kappa shape index (κ2) is 8.11. The molecule has 0 aliphatic rings. The van der Waals surface area contributed by atoms with Gasteiger partial charge in [0.05, 0.1) is 16.3 Å². The molecule has 0 atom stereocenters. The molecular formula is C16H12N4NaO5S. The molecule has 0 amide bonds. The van der Waals surface area contributed by atoms with Gasteiger partial charge in [0.25, 0.3) is 15.8 Å². The molecule has 3 N–H and O–H groups in total. The second-order valence-electron chi connectivity index (χ2n) is 5.30. The molecule has 0 heterocycles. The fourth-order valence-corrected chi connectivity index (χ4v) is 3.12. The zero-order chi connectivity index (χ0) is 18.9. The summed E-state index contributed by atoms with van der Waals surface area (Å²) < 4.78 is 32.8. The Bertz CT molecular complexity index is 1150. The van der Waals surface area contributed by atoms with Crippen LogP contribution in [0.4, 0.5) is 22.7 Å². The summed E-state index contributed by atoms with van der Waals surface area (Å²) in [6.07, 6.45) is 0. The monoisotopic (exact) mass is 395 g/mol. The Kier molecular flexibility index (Phi) is 6.29. The number of nitrogens with two attached hydrogens (primary N) is 1. The standard InChI is InChI=1S/C16H12N4O5S.Na/c17-16-13-4-2-1-3-12(13)15(26(23,24)25)9-14(16)19-18-10-5-7-11(8-6-10)20(21)22;/h1-9H,17H2,(H,23,24,25);. The van der Waals surface area contributed by atoms with E-state index in [9.17, 15) is 23.1 Å². The van der Waals surface area contributed by atoms with Crippen molar-refractivity contribution in [1.82, 2.24) is 0 Å². The number of nitro benzene ring substituents is 1. The minimum atomic E-state index is -4.50. The minimum absolute atomic E-state index is 0. The van der Waals surface area contributed by atoms with E-state index in [1.807, 2.05) is 0 Å². The van der Waals surface area contributed by atoms with Gasteiger partial charge in [0.15, 0.2) is 0 Å². The maximum Gasteiger partial charge on any atom is 0.295 e. The Balaban J connectivity index is 0.00000261. The van der Waals surface area contributed by atoms with Gasteiger partial charge in [-0.1, -0.05) is 24.3 Å². The number of rotatable bonds is 4. The van der Waals surface area contributed by atoms with E-state index in [0.717, 1.165) is 6.07 Å². The van der Waals surface area contributed by atoms with Crippen LogP contribution in [0.5, 0.6) is 0 Å². The molecule has 0 unspecified atom stereocenters. The van der Waals surface area contributed by atoms with Crippen LogP contribution in [-0.2, 0) is 10.1 Å². The number of nitro groups is 1. The van der Waals surface area contributed by atoms with Crippen molar-refractivity contribution in [3.05, 3.63) is 64.7 Å². The van der Waals surface area contributed by atoms with E-state index in [1.165, 1.54) is 30.3 Å². The summed E-state index contributed by atoms with van der Waals surface area (Å²) in [5, 5.41) is 19.2. The van der Waals surface area contributed by atoms with E-state index in [1.54, 1.807) is 18.2 Å². The molecule has 3 aromatic carbocycles. The molecule has 3 aromatic rings. The van der Waals surface area contributed by atoms with Crippen molar-refractivity contribution in [2.45, 2.75) is 4.90 Å². The zero-order valence-corrected chi connectivity index (χ0v) is 16.9. The van der Waals surface area contributed by atoms with Gasteiger partial charge in [0, 0.05) is 52.5 Å². The topological polar surface area (TPSA) is 148 Å². The van der Waals surface area contributed by atoms with Gasteiger partial charge < -0.3 is 5.73 Å². The number of nitrogens with zero attached hydrogens (tertiary/aromatic N) is 3. The predicted octanol–water partition coefficient (Wildman–Crippen LogP) is 3.61. The fourth-order valence-electron chi connectivity index (χ4n) is 2.40. The van der Waals surface area contributed by atoms with Gasteiger partial charge in [-0.2, -0.15) is 13.5 Å². The molecule has 3 rings (SSSR count). The van der Waals surface area contributed by atoms with E-state index in [4.69, 9.17) is 5.73 Å². The van der Waals surface area contributed by atoms with Gasteiger partial charge in [-0.05, 0) is 18.2 Å². The molecular weight excluding hydrogens is 383 g/mol. The van der Waals surface area contributed by atoms with Gasteiger partial charge in [0.1, 0.15) is 10.6 Å². The molecule has 0 saturated carbocycles. The number of nitrogen functional groups attached to an aromatic ring is 1. The first-order valence-electron chi connectivity index (χ1n) is 7.22. The van der Waals surface area contributed by atoms with Gasteiger partial charge >= 0.3 is 0 Å². The third-order valence-electron chi connectivity index (χ3n) is 3.64. The normalized spacial score (nSPS) is 11.4. The van der Waals surface area contributed by atoms with E-state index in [0.29, 0.717) is 11.1 Å². The van der Waals surface area contributed by atoms with Crippen molar-refractivity contribution in [3.63, 3.8) is 0 Å². The molecule has 0 aliphatic carbocycles.